The Morgan fingerprint density at radius 2 is 1.54 bits per heavy atom. The molecule has 0 fully saturated rings. The summed E-state index contributed by atoms with van der Waals surface area (Å²) in [5, 5.41) is 10.2. The summed E-state index contributed by atoms with van der Waals surface area (Å²) in [6.07, 6.45) is 1.34. The van der Waals surface area contributed by atoms with E-state index in [0.29, 0.717) is 16.3 Å². The second-order valence-corrected chi connectivity index (χ2v) is 6.08. The molecule has 1 aromatic heterocycles. The number of hydrogen-bond acceptors (Lipinski definition) is 5. The highest BCUT2D eigenvalue weighted by molar-refractivity contribution is 6.31. The molecule has 0 aliphatic carbocycles. The van der Waals surface area contributed by atoms with Crippen molar-refractivity contribution in [3.8, 4) is 0 Å². The summed E-state index contributed by atoms with van der Waals surface area (Å²) in [6.45, 7) is 0.840. The molecule has 0 aliphatic heterocycles. The van der Waals surface area contributed by atoms with Gasteiger partial charge in [-0.2, -0.15) is 0 Å². The average Bonchev–Trinajstić information content (AvgIpc) is 3.21. The quantitative estimate of drug-likeness (QED) is 0.516. The summed E-state index contributed by atoms with van der Waals surface area (Å²) in [6, 6.07) is 8.09. The second kappa shape index (κ2) is 10.1. The Morgan fingerprint density at radius 1 is 0.893 bits per heavy atom. The van der Waals surface area contributed by atoms with Crippen molar-refractivity contribution in [2.45, 2.75) is 6.92 Å². The fourth-order valence-corrected chi connectivity index (χ4v) is 2.25. The molecule has 0 atom stereocenters. The van der Waals surface area contributed by atoms with Gasteiger partial charge in [0.25, 0.3) is 5.91 Å². The van der Waals surface area contributed by atoms with E-state index >= 15 is 0 Å². The van der Waals surface area contributed by atoms with Gasteiger partial charge >= 0.3 is 0 Å². The number of furan rings is 1. The Hall–Kier alpha value is -3.33. The van der Waals surface area contributed by atoms with Crippen molar-refractivity contribution in [1.82, 2.24) is 16.0 Å². The lowest BCUT2D eigenvalue weighted by Gasteiger charge is -2.10. The number of rotatable bonds is 8. The van der Waals surface area contributed by atoms with Gasteiger partial charge in [-0.3, -0.25) is 19.2 Å². The molecule has 28 heavy (non-hydrogen) atoms. The molecule has 148 valence electrons. The number of halogens is 1. The van der Waals surface area contributed by atoms with Crippen LogP contribution < -0.4 is 21.3 Å². The summed E-state index contributed by atoms with van der Waals surface area (Å²) in [5.74, 6) is -2.02. The molecular weight excluding hydrogens is 388 g/mol. The Kier molecular flexibility index (Phi) is 7.58. The first-order valence-corrected chi connectivity index (χ1v) is 8.64. The number of anilines is 1. The van der Waals surface area contributed by atoms with Gasteiger partial charge in [-0.15, -0.1) is 0 Å². The van der Waals surface area contributed by atoms with Gasteiger partial charge in [-0.25, -0.2) is 0 Å². The molecule has 2 rings (SSSR count). The number of carbonyl (C=O) groups excluding carboxylic acids is 4. The van der Waals surface area contributed by atoms with E-state index in [1.807, 2.05) is 0 Å². The minimum atomic E-state index is -0.561. The number of hydrogen-bond donors (Lipinski definition) is 4. The number of carbonyl (C=O) groups is 4. The molecule has 0 saturated heterocycles. The maximum absolute atomic E-state index is 11.9. The summed E-state index contributed by atoms with van der Waals surface area (Å²) < 4.78 is 4.88. The maximum Gasteiger partial charge on any atom is 0.287 e. The minimum Gasteiger partial charge on any atom is -0.459 e. The van der Waals surface area contributed by atoms with E-state index in [9.17, 15) is 19.2 Å². The molecule has 9 nitrogen and oxygen atoms in total. The van der Waals surface area contributed by atoms with Crippen LogP contribution in [0.5, 0.6) is 0 Å². The smallest absolute Gasteiger partial charge is 0.287 e. The fraction of sp³-hybridized carbons (Fsp3) is 0.222. The van der Waals surface area contributed by atoms with Crippen LogP contribution in [0.3, 0.4) is 0 Å². The predicted octanol–water partition coefficient (Wildman–Crippen LogP) is 0.842. The highest BCUT2D eigenvalue weighted by Gasteiger charge is 2.12. The van der Waals surface area contributed by atoms with Crippen LogP contribution in [0.25, 0.3) is 0 Å². The predicted molar refractivity (Wildman–Crippen MR) is 102 cm³/mol. The van der Waals surface area contributed by atoms with Gasteiger partial charge in [0.2, 0.25) is 17.7 Å². The van der Waals surface area contributed by atoms with Crippen molar-refractivity contribution in [2.75, 3.05) is 25.0 Å². The first kappa shape index (κ1) is 21.0. The third-order valence-electron chi connectivity index (χ3n) is 3.59. The van der Waals surface area contributed by atoms with Crippen molar-refractivity contribution in [3.05, 3.63) is 52.9 Å². The van der Waals surface area contributed by atoms with Crippen LogP contribution in [-0.2, 0) is 14.4 Å². The number of nitrogens with one attached hydrogen (secondary N) is 4. The minimum absolute atomic E-state index is 0.0755. The highest BCUT2D eigenvalue weighted by atomic mass is 35.5. The summed E-state index contributed by atoms with van der Waals surface area (Å²) in [7, 11) is 0. The molecule has 4 N–H and O–H groups in total. The average molecular weight is 407 g/mol. The van der Waals surface area contributed by atoms with E-state index in [4.69, 9.17) is 16.0 Å². The molecule has 0 bridgehead atoms. The molecule has 0 aliphatic rings. The van der Waals surface area contributed by atoms with Gasteiger partial charge in [0.15, 0.2) is 5.76 Å². The summed E-state index contributed by atoms with van der Waals surface area (Å²) in [4.78, 5) is 46.9. The fourth-order valence-electron chi connectivity index (χ4n) is 2.08. The van der Waals surface area contributed by atoms with Crippen LogP contribution >= 0.6 is 11.6 Å². The molecule has 0 saturated carbocycles. The molecule has 2 aromatic rings. The van der Waals surface area contributed by atoms with Gasteiger partial charge in [-0.05, 0) is 36.8 Å². The van der Waals surface area contributed by atoms with E-state index in [1.165, 1.54) is 12.3 Å². The van der Waals surface area contributed by atoms with Crippen LogP contribution in [0.1, 0.15) is 16.1 Å². The molecular formula is C18H19ClN4O5. The largest absolute Gasteiger partial charge is 0.459 e. The zero-order chi connectivity index (χ0) is 20.5. The van der Waals surface area contributed by atoms with E-state index in [1.54, 1.807) is 31.2 Å². The first-order chi connectivity index (χ1) is 13.4. The normalized spacial score (nSPS) is 10.1. The van der Waals surface area contributed by atoms with E-state index < -0.39 is 23.6 Å². The topological polar surface area (TPSA) is 130 Å². The number of amides is 4. The van der Waals surface area contributed by atoms with Crippen LogP contribution in [0.15, 0.2) is 41.0 Å². The molecule has 0 radical (unpaired) electrons. The zero-order valence-electron chi connectivity index (χ0n) is 15.0. The van der Waals surface area contributed by atoms with Crippen molar-refractivity contribution >= 4 is 40.9 Å². The third-order valence-corrected chi connectivity index (χ3v) is 4.00. The van der Waals surface area contributed by atoms with Crippen molar-refractivity contribution < 1.29 is 23.6 Å². The van der Waals surface area contributed by atoms with E-state index in [2.05, 4.69) is 21.3 Å². The van der Waals surface area contributed by atoms with Gasteiger partial charge in [-0.1, -0.05) is 17.7 Å². The molecule has 1 aromatic carbocycles. The lowest BCUT2D eigenvalue weighted by Crippen LogP contribution is -2.43. The van der Waals surface area contributed by atoms with E-state index in [-0.39, 0.29) is 25.4 Å². The standard InChI is InChI=1S/C18H19ClN4O5/c1-11-12(19)4-2-5-13(11)23-17(26)10-21-15(24)8-20-16(25)9-22-18(27)14-6-3-7-28-14/h2-7H,8-10H2,1H3,(H,20,25)(H,21,24)(H,22,27)(H,23,26). The second-order valence-electron chi connectivity index (χ2n) is 5.67. The molecule has 10 heteroatoms. The summed E-state index contributed by atoms with van der Waals surface area (Å²) in [5.41, 5.74) is 1.26. The van der Waals surface area contributed by atoms with Gasteiger partial charge in [0, 0.05) is 10.7 Å². The van der Waals surface area contributed by atoms with Crippen molar-refractivity contribution in [3.63, 3.8) is 0 Å². The Morgan fingerprint density at radius 3 is 2.18 bits per heavy atom. The first-order valence-electron chi connectivity index (χ1n) is 8.27. The Labute approximate surface area is 165 Å². The van der Waals surface area contributed by atoms with Crippen LogP contribution in [-0.4, -0.2) is 43.3 Å². The van der Waals surface area contributed by atoms with E-state index in [0.717, 1.165) is 0 Å². The van der Waals surface area contributed by atoms with Gasteiger partial charge < -0.3 is 25.7 Å². The molecule has 0 spiro atoms. The molecule has 4 amide bonds. The zero-order valence-corrected chi connectivity index (χ0v) is 15.8. The van der Waals surface area contributed by atoms with Crippen molar-refractivity contribution in [1.29, 1.82) is 0 Å². The molecule has 0 unspecified atom stereocenters. The lowest BCUT2D eigenvalue weighted by molar-refractivity contribution is -0.126. The SMILES string of the molecule is Cc1c(Cl)cccc1NC(=O)CNC(=O)CNC(=O)CNC(=O)c1ccco1. The highest BCUT2D eigenvalue weighted by Crippen LogP contribution is 2.22. The molecule has 1 heterocycles. The van der Waals surface area contributed by atoms with Crippen LogP contribution in [0, 0.1) is 6.92 Å². The van der Waals surface area contributed by atoms with Gasteiger partial charge in [0.05, 0.1) is 25.9 Å². The van der Waals surface area contributed by atoms with Gasteiger partial charge in [0.1, 0.15) is 0 Å². The maximum atomic E-state index is 11.9. The Balaban J connectivity index is 1.65. The Bertz CT molecular complexity index is 867. The third kappa shape index (κ3) is 6.44. The van der Waals surface area contributed by atoms with Crippen LogP contribution in [0.2, 0.25) is 5.02 Å². The van der Waals surface area contributed by atoms with Crippen LogP contribution in [0.4, 0.5) is 5.69 Å². The monoisotopic (exact) mass is 406 g/mol. The number of benzene rings is 1. The van der Waals surface area contributed by atoms with Crippen molar-refractivity contribution in [2.24, 2.45) is 0 Å². The summed E-state index contributed by atoms with van der Waals surface area (Å²) >= 11 is 5.98. The lowest BCUT2D eigenvalue weighted by atomic mass is 10.2.